The molecule has 1 aromatic carbocycles. The van der Waals surface area contributed by atoms with Crippen LogP contribution in [0.15, 0.2) is 30.3 Å². The molecule has 0 spiro atoms. The fourth-order valence-corrected chi connectivity index (χ4v) is 1.81. The van der Waals surface area contributed by atoms with E-state index in [4.69, 9.17) is 0 Å². The Hall–Kier alpha value is -2.08. The van der Waals surface area contributed by atoms with Crippen molar-refractivity contribution >= 4 is 17.6 Å². The molecular formula is C15H23N3O3. The van der Waals surface area contributed by atoms with Crippen LogP contribution in [0.25, 0.3) is 0 Å². The lowest BCUT2D eigenvalue weighted by molar-refractivity contribution is -0.132. The minimum atomic E-state index is -0.960. The number of para-hydroxylation sites is 1. The standard InChI is InChI=1S/C15H23N3O3/c1-4-18(11-15(2,3)21)13(19)10-16-14(20)17-12-8-6-5-7-9-12/h5-9,21H,4,10-11H2,1-3H3,(H2,16,17,20). The molecule has 21 heavy (non-hydrogen) atoms. The monoisotopic (exact) mass is 293 g/mol. The molecule has 0 saturated heterocycles. The Morgan fingerprint density at radius 2 is 1.86 bits per heavy atom. The number of hydrogen-bond donors (Lipinski definition) is 3. The number of benzene rings is 1. The van der Waals surface area contributed by atoms with Gasteiger partial charge in [0.25, 0.3) is 0 Å². The lowest BCUT2D eigenvalue weighted by Crippen LogP contribution is -2.46. The van der Waals surface area contributed by atoms with E-state index in [0.717, 1.165) is 0 Å². The highest BCUT2D eigenvalue weighted by atomic mass is 16.3. The molecule has 0 heterocycles. The summed E-state index contributed by atoms with van der Waals surface area (Å²) in [6.45, 7) is 5.70. The van der Waals surface area contributed by atoms with Crippen molar-refractivity contribution in [1.29, 1.82) is 0 Å². The van der Waals surface area contributed by atoms with Crippen molar-refractivity contribution in [1.82, 2.24) is 10.2 Å². The molecule has 3 N–H and O–H groups in total. The van der Waals surface area contributed by atoms with Crippen molar-refractivity contribution in [3.63, 3.8) is 0 Å². The Morgan fingerprint density at radius 3 is 2.38 bits per heavy atom. The Balaban J connectivity index is 2.42. The zero-order valence-electron chi connectivity index (χ0n) is 12.7. The minimum Gasteiger partial charge on any atom is -0.389 e. The number of carbonyl (C=O) groups is 2. The highest BCUT2D eigenvalue weighted by molar-refractivity contribution is 5.92. The molecule has 0 atom stereocenters. The van der Waals surface area contributed by atoms with Crippen LogP contribution in [0.1, 0.15) is 20.8 Å². The molecule has 116 valence electrons. The number of carbonyl (C=O) groups excluding carboxylic acids is 2. The highest BCUT2D eigenvalue weighted by Gasteiger charge is 2.21. The van der Waals surface area contributed by atoms with Crippen molar-refractivity contribution in [3.8, 4) is 0 Å². The molecule has 6 nitrogen and oxygen atoms in total. The quantitative estimate of drug-likeness (QED) is 0.742. The average molecular weight is 293 g/mol. The van der Waals surface area contributed by atoms with Crippen LogP contribution in [-0.4, -0.2) is 47.2 Å². The van der Waals surface area contributed by atoms with E-state index in [1.807, 2.05) is 25.1 Å². The lowest BCUT2D eigenvalue weighted by atomic mass is 10.1. The van der Waals surface area contributed by atoms with Gasteiger partial charge in [-0.3, -0.25) is 4.79 Å². The van der Waals surface area contributed by atoms with Gasteiger partial charge in [-0.15, -0.1) is 0 Å². The molecule has 1 aromatic rings. The van der Waals surface area contributed by atoms with Crippen molar-refractivity contribution in [3.05, 3.63) is 30.3 Å². The van der Waals surface area contributed by atoms with Crippen LogP contribution in [0.4, 0.5) is 10.5 Å². The first-order chi connectivity index (χ1) is 9.81. The van der Waals surface area contributed by atoms with Crippen molar-refractivity contribution in [2.24, 2.45) is 0 Å². The van der Waals surface area contributed by atoms with Gasteiger partial charge in [0, 0.05) is 18.8 Å². The first-order valence-electron chi connectivity index (χ1n) is 6.92. The summed E-state index contributed by atoms with van der Waals surface area (Å²) in [6, 6.07) is 8.55. The number of hydrogen-bond acceptors (Lipinski definition) is 3. The Bertz CT molecular complexity index is 469. The predicted octanol–water partition coefficient (Wildman–Crippen LogP) is 1.43. The topological polar surface area (TPSA) is 81.7 Å². The van der Waals surface area contributed by atoms with E-state index < -0.39 is 11.6 Å². The average Bonchev–Trinajstić information content (AvgIpc) is 2.42. The molecule has 1 rings (SSSR count). The zero-order valence-corrected chi connectivity index (χ0v) is 12.7. The molecule has 0 saturated carbocycles. The van der Waals surface area contributed by atoms with Crippen LogP contribution in [0, 0.1) is 0 Å². The third-order valence-corrected chi connectivity index (χ3v) is 2.74. The van der Waals surface area contributed by atoms with Gasteiger partial charge in [0.05, 0.1) is 12.1 Å². The summed E-state index contributed by atoms with van der Waals surface area (Å²) >= 11 is 0. The normalized spacial score (nSPS) is 10.9. The van der Waals surface area contributed by atoms with E-state index in [2.05, 4.69) is 10.6 Å². The molecule has 0 aromatic heterocycles. The van der Waals surface area contributed by atoms with Crippen LogP contribution in [0.3, 0.4) is 0 Å². The van der Waals surface area contributed by atoms with E-state index in [-0.39, 0.29) is 19.0 Å². The number of nitrogens with zero attached hydrogens (tertiary/aromatic N) is 1. The van der Waals surface area contributed by atoms with Gasteiger partial charge in [-0.25, -0.2) is 4.79 Å². The number of urea groups is 1. The number of aliphatic hydroxyl groups is 1. The maximum atomic E-state index is 12.0. The summed E-state index contributed by atoms with van der Waals surface area (Å²) in [5.74, 6) is -0.233. The second-order valence-electron chi connectivity index (χ2n) is 5.39. The molecule has 0 radical (unpaired) electrons. The zero-order chi connectivity index (χ0) is 15.9. The van der Waals surface area contributed by atoms with Gasteiger partial charge in [-0.2, -0.15) is 0 Å². The minimum absolute atomic E-state index is 0.109. The van der Waals surface area contributed by atoms with Gasteiger partial charge in [0.2, 0.25) is 5.91 Å². The van der Waals surface area contributed by atoms with Crippen LogP contribution < -0.4 is 10.6 Å². The number of amides is 3. The number of rotatable bonds is 6. The lowest BCUT2D eigenvalue weighted by Gasteiger charge is -2.28. The molecule has 6 heteroatoms. The summed E-state index contributed by atoms with van der Waals surface area (Å²) < 4.78 is 0. The smallest absolute Gasteiger partial charge is 0.319 e. The molecule has 0 bridgehead atoms. The largest absolute Gasteiger partial charge is 0.389 e. The molecule has 0 unspecified atom stereocenters. The maximum absolute atomic E-state index is 12.0. The second kappa shape index (κ2) is 7.64. The predicted molar refractivity (Wildman–Crippen MR) is 82.0 cm³/mol. The molecule has 3 amide bonds. The van der Waals surface area contributed by atoms with E-state index in [1.54, 1.807) is 26.0 Å². The Morgan fingerprint density at radius 1 is 1.24 bits per heavy atom. The van der Waals surface area contributed by atoms with Gasteiger partial charge in [-0.05, 0) is 32.9 Å². The van der Waals surface area contributed by atoms with E-state index in [0.29, 0.717) is 12.2 Å². The van der Waals surface area contributed by atoms with E-state index in [9.17, 15) is 14.7 Å². The summed E-state index contributed by atoms with van der Waals surface area (Å²) in [4.78, 5) is 25.2. The summed E-state index contributed by atoms with van der Waals surface area (Å²) in [7, 11) is 0. The van der Waals surface area contributed by atoms with Crippen LogP contribution in [0.5, 0.6) is 0 Å². The summed E-state index contributed by atoms with van der Waals surface area (Å²) in [5, 5.41) is 14.9. The fourth-order valence-electron chi connectivity index (χ4n) is 1.81. The third-order valence-electron chi connectivity index (χ3n) is 2.74. The van der Waals surface area contributed by atoms with Crippen molar-refractivity contribution in [2.45, 2.75) is 26.4 Å². The van der Waals surface area contributed by atoms with Crippen molar-refractivity contribution < 1.29 is 14.7 Å². The van der Waals surface area contributed by atoms with Gasteiger partial charge in [-0.1, -0.05) is 18.2 Å². The number of nitrogens with one attached hydrogen (secondary N) is 2. The van der Waals surface area contributed by atoms with E-state index in [1.165, 1.54) is 4.90 Å². The van der Waals surface area contributed by atoms with Crippen molar-refractivity contribution in [2.75, 3.05) is 25.0 Å². The van der Waals surface area contributed by atoms with Gasteiger partial charge in [0.1, 0.15) is 0 Å². The first-order valence-corrected chi connectivity index (χ1v) is 6.92. The van der Waals surface area contributed by atoms with E-state index >= 15 is 0 Å². The van der Waals surface area contributed by atoms with Crippen LogP contribution in [0.2, 0.25) is 0 Å². The summed E-state index contributed by atoms with van der Waals surface area (Å²) in [5.41, 5.74) is -0.302. The van der Waals surface area contributed by atoms with Crippen LogP contribution in [-0.2, 0) is 4.79 Å². The number of anilines is 1. The SMILES string of the molecule is CCN(CC(C)(C)O)C(=O)CNC(=O)Nc1ccccc1. The summed E-state index contributed by atoms with van der Waals surface area (Å²) in [6.07, 6.45) is 0. The highest BCUT2D eigenvalue weighted by Crippen LogP contribution is 2.05. The Kier molecular flexibility index (Phi) is 6.17. The molecule has 0 aliphatic heterocycles. The molecule has 0 aliphatic carbocycles. The third kappa shape index (κ3) is 6.76. The van der Waals surface area contributed by atoms with Gasteiger partial charge < -0.3 is 20.6 Å². The second-order valence-corrected chi connectivity index (χ2v) is 5.39. The molecule has 0 fully saturated rings. The number of likely N-dealkylation sites (N-methyl/N-ethyl adjacent to an activating group) is 1. The molecule has 0 aliphatic rings. The first kappa shape index (κ1) is 17.0. The van der Waals surface area contributed by atoms with Gasteiger partial charge in [0.15, 0.2) is 0 Å². The van der Waals surface area contributed by atoms with Crippen LogP contribution >= 0.6 is 0 Å². The maximum Gasteiger partial charge on any atom is 0.319 e. The Labute approximate surface area is 125 Å². The fraction of sp³-hybridized carbons (Fsp3) is 0.467. The molecular weight excluding hydrogens is 270 g/mol. The van der Waals surface area contributed by atoms with Gasteiger partial charge >= 0.3 is 6.03 Å².